The molecular weight excluding hydrogens is 332 g/mol. The van der Waals surface area contributed by atoms with Gasteiger partial charge in [-0.25, -0.2) is 4.79 Å². The van der Waals surface area contributed by atoms with Gasteiger partial charge in [-0.2, -0.15) is 0 Å². The quantitative estimate of drug-likeness (QED) is 0.661. The average Bonchev–Trinajstić information content (AvgIpc) is 2.58. The minimum Gasteiger partial charge on any atom is -0.465 e. The first-order valence-electron chi connectivity index (χ1n) is 6.98. The van der Waals surface area contributed by atoms with Gasteiger partial charge >= 0.3 is 17.8 Å². The Labute approximate surface area is 143 Å². The van der Waals surface area contributed by atoms with E-state index >= 15 is 0 Å². The summed E-state index contributed by atoms with van der Waals surface area (Å²) in [5.74, 6) is -2.25. The first-order valence-corrected chi connectivity index (χ1v) is 7.36. The molecule has 0 atom stereocenters. The number of halogens is 1. The van der Waals surface area contributed by atoms with E-state index in [-0.39, 0.29) is 5.56 Å². The molecule has 24 heavy (non-hydrogen) atoms. The van der Waals surface area contributed by atoms with Crippen LogP contribution in [0.4, 0.5) is 11.4 Å². The number of benzene rings is 2. The highest BCUT2D eigenvalue weighted by atomic mass is 35.5. The van der Waals surface area contributed by atoms with Crippen LogP contribution in [-0.2, 0) is 14.3 Å². The lowest BCUT2D eigenvalue weighted by Crippen LogP contribution is -2.29. The molecule has 0 unspecified atom stereocenters. The van der Waals surface area contributed by atoms with Crippen molar-refractivity contribution in [2.24, 2.45) is 0 Å². The summed E-state index contributed by atoms with van der Waals surface area (Å²) in [6, 6.07) is 11.1. The first-order chi connectivity index (χ1) is 11.4. The number of amides is 2. The second-order valence-corrected chi connectivity index (χ2v) is 5.30. The van der Waals surface area contributed by atoms with Gasteiger partial charge < -0.3 is 15.4 Å². The topological polar surface area (TPSA) is 84.5 Å². The highest BCUT2D eigenvalue weighted by Crippen LogP contribution is 2.22. The largest absolute Gasteiger partial charge is 0.465 e. The maximum absolute atomic E-state index is 12.0. The number of carbonyl (C=O) groups is 3. The third-order valence-corrected chi connectivity index (χ3v) is 3.67. The molecule has 0 saturated carbocycles. The van der Waals surface area contributed by atoms with Crippen molar-refractivity contribution < 1.29 is 19.1 Å². The van der Waals surface area contributed by atoms with Crippen molar-refractivity contribution in [1.82, 2.24) is 0 Å². The number of esters is 1. The number of hydrogen-bond acceptors (Lipinski definition) is 4. The van der Waals surface area contributed by atoms with E-state index in [1.165, 1.54) is 19.2 Å². The molecule has 0 spiro atoms. The fourth-order valence-electron chi connectivity index (χ4n) is 1.95. The molecule has 2 N–H and O–H groups in total. The summed E-state index contributed by atoms with van der Waals surface area (Å²) < 4.78 is 4.60. The Hall–Kier alpha value is -2.86. The summed E-state index contributed by atoms with van der Waals surface area (Å²) in [6.45, 7) is 1.73. The van der Waals surface area contributed by atoms with Gasteiger partial charge in [0.25, 0.3) is 0 Å². The smallest absolute Gasteiger partial charge is 0.337 e. The van der Waals surface area contributed by atoms with Gasteiger partial charge in [0.2, 0.25) is 0 Å². The van der Waals surface area contributed by atoms with Crippen LogP contribution in [0.1, 0.15) is 15.9 Å². The van der Waals surface area contributed by atoms with E-state index in [2.05, 4.69) is 15.4 Å². The fraction of sp³-hybridized carbons (Fsp3) is 0.118. The Kier molecular flexibility index (Phi) is 5.55. The minimum atomic E-state index is -0.864. The molecule has 0 bridgehead atoms. The van der Waals surface area contributed by atoms with Gasteiger partial charge in [-0.15, -0.1) is 0 Å². The van der Waals surface area contributed by atoms with Crippen LogP contribution in [0.3, 0.4) is 0 Å². The average molecular weight is 347 g/mol. The molecule has 7 heteroatoms. The number of ether oxygens (including phenoxy) is 1. The SMILES string of the molecule is COC(=O)c1cccc(NC(=O)C(=O)Nc2cccc(Cl)c2C)c1. The standard InChI is InChI=1S/C17H15ClN2O4/c1-10-13(18)7-4-8-14(10)20-16(22)15(21)19-12-6-3-5-11(9-12)17(23)24-2/h3-9H,1-2H3,(H,19,21)(H,20,22). The molecule has 0 aliphatic rings. The van der Waals surface area contributed by atoms with Crippen LogP contribution < -0.4 is 10.6 Å². The first kappa shape index (κ1) is 17.5. The summed E-state index contributed by atoms with van der Waals surface area (Å²) in [4.78, 5) is 35.5. The molecule has 0 aromatic heterocycles. The summed E-state index contributed by atoms with van der Waals surface area (Å²) in [6.07, 6.45) is 0. The van der Waals surface area contributed by atoms with Crippen molar-refractivity contribution in [3.8, 4) is 0 Å². The van der Waals surface area contributed by atoms with Gasteiger partial charge in [0.15, 0.2) is 0 Å². The lowest BCUT2D eigenvalue weighted by atomic mass is 10.2. The van der Waals surface area contributed by atoms with E-state index < -0.39 is 17.8 Å². The predicted octanol–water partition coefficient (Wildman–Crippen LogP) is 3.01. The fourth-order valence-corrected chi connectivity index (χ4v) is 2.13. The Morgan fingerprint density at radius 1 is 1.00 bits per heavy atom. The lowest BCUT2D eigenvalue weighted by molar-refractivity contribution is -0.133. The van der Waals surface area contributed by atoms with Gasteiger partial charge in [0, 0.05) is 16.4 Å². The van der Waals surface area contributed by atoms with Crippen molar-refractivity contribution in [2.75, 3.05) is 17.7 Å². The van der Waals surface area contributed by atoms with E-state index in [1.807, 2.05) is 0 Å². The number of rotatable bonds is 3. The third-order valence-electron chi connectivity index (χ3n) is 3.26. The number of anilines is 2. The summed E-state index contributed by atoms with van der Waals surface area (Å²) in [7, 11) is 1.26. The lowest BCUT2D eigenvalue weighted by Gasteiger charge is -2.10. The Balaban J connectivity index is 2.08. The van der Waals surface area contributed by atoms with Gasteiger partial charge in [-0.1, -0.05) is 23.7 Å². The van der Waals surface area contributed by atoms with Crippen molar-refractivity contribution in [3.63, 3.8) is 0 Å². The van der Waals surface area contributed by atoms with Crippen LogP contribution in [0.5, 0.6) is 0 Å². The van der Waals surface area contributed by atoms with Crippen LogP contribution in [0.2, 0.25) is 5.02 Å². The highest BCUT2D eigenvalue weighted by Gasteiger charge is 2.16. The zero-order valence-corrected chi connectivity index (χ0v) is 13.8. The van der Waals surface area contributed by atoms with Gasteiger partial charge in [0.05, 0.1) is 12.7 Å². The molecular formula is C17H15ClN2O4. The van der Waals surface area contributed by atoms with Crippen LogP contribution in [0.25, 0.3) is 0 Å². The molecule has 2 aromatic rings. The van der Waals surface area contributed by atoms with Crippen LogP contribution in [-0.4, -0.2) is 24.9 Å². The molecule has 0 radical (unpaired) electrons. The molecule has 124 valence electrons. The molecule has 0 heterocycles. The molecule has 0 aliphatic heterocycles. The molecule has 0 aliphatic carbocycles. The second kappa shape index (κ2) is 7.61. The van der Waals surface area contributed by atoms with Gasteiger partial charge in [-0.05, 0) is 42.8 Å². The zero-order chi connectivity index (χ0) is 17.7. The Bertz CT molecular complexity index is 805. The van der Waals surface area contributed by atoms with Crippen LogP contribution in [0, 0.1) is 6.92 Å². The maximum Gasteiger partial charge on any atom is 0.337 e. The summed E-state index contributed by atoms with van der Waals surface area (Å²) in [5.41, 5.74) is 1.68. The van der Waals surface area contributed by atoms with Gasteiger partial charge in [-0.3, -0.25) is 9.59 Å². The summed E-state index contributed by atoms with van der Waals surface area (Å²) >= 11 is 5.97. The number of carbonyl (C=O) groups excluding carboxylic acids is 3. The third kappa shape index (κ3) is 4.11. The Morgan fingerprint density at radius 3 is 2.38 bits per heavy atom. The van der Waals surface area contributed by atoms with Crippen molar-refractivity contribution in [3.05, 3.63) is 58.6 Å². The maximum atomic E-state index is 12.0. The van der Waals surface area contributed by atoms with E-state index in [0.29, 0.717) is 22.0 Å². The van der Waals surface area contributed by atoms with E-state index in [0.717, 1.165) is 0 Å². The van der Waals surface area contributed by atoms with E-state index in [9.17, 15) is 14.4 Å². The monoisotopic (exact) mass is 346 g/mol. The Morgan fingerprint density at radius 2 is 1.67 bits per heavy atom. The van der Waals surface area contributed by atoms with E-state index in [4.69, 9.17) is 11.6 Å². The second-order valence-electron chi connectivity index (χ2n) is 4.89. The normalized spacial score (nSPS) is 9.96. The molecule has 6 nitrogen and oxygen atoms in total. The summed E-state index contributed by atoms with van der Waals surface area (Å²) in [5, 5.41) is 5.40. The van der Waals surface area contributed by atoms with Crippen molar-refractivity contribution >= 4 is 40.8 Å². The molecule has 0 fully saturated rings. The predicted molar refractivity (Wildman–Crippen MR) is 91.2 cm³/mol. The van der Waals surface area contributed by atoms with Crippen LogP contribution >= 0.6 is 11.6 Å². The molecule has 2 rings (SSSR count). The molecule has 0 saturated heterocycles. The zero-order valence-electron chi connectivity index (χ0n) is 13.1. The number of nitrogens with one attached hydrogen (secondary N) is 2. The molecule has 2 amide bonds. The highest BCUT2D eigenvalue weighted by molar-refractivity contribution is 6.44. The van der Waals surface area contributed by atoms with E-state index in [1.54, 1.807) is 37.3 Å². The van der Waals surface area contributed by atoms with Gasteiger partial charge in [0.1, 0.15) is 0 Å². The van der Waals surface area contributed by atoms with Crippen molar-refractivity contribution in [2.45, 2.75) is 6.92 Å². The van der Waals surface area contributed by atoms with Crippen LogP contribution in [0.15, 0.2) is 42.5 Å². The minimum absolute atomic E-state index is 0.265. The number of hydrogen-bond donors (Lipinski definition) is 2. The van der Waals surface area contributed by atoms with Crippen molar-refractivity contribution in [1.29, 1.82) is 0 Å². The number of methoxy groups -OCH3 is 1. The molecule has 2 aromatic carbocycles.